The summed E-state index contributed by atoms with van der Waals surface area (Å²) in [4.78, 5) is 24.3. The van der Waals surface area contributed by atoms with Crippen LogP contribution < -0.4 is 20.1 Å². The molecule has 0 radical (unpaired) electrons. The van der Waals surface area contributed by atoms with Gasteiger partial charge in [-0.15, -0.1) is 0 Å². The van der Waals surface area contributed by atoms with Crippen LogP contribution in [0.4, 0.5) is 0 Å². The van der Waals surface area contributed by atoms with E-state index in [2.05, 4.69) is 10.6 Å². The molecule has 0 aliphatic carbocycles. The van der Waals surface area contributed by atoms with Gasteiger partial charge in [-0.1, -0.05) is 29.3 Å². The molecule has 0 spiro atoms. The quantitative estimate of drug-likeness (QED) is 0.640. The zero-order valence-electron chi connectivity index (χ0n) is 15.7. The highest BCUT2D eigenvalue weighted by Gasteiger charge is 2.13. The molecule has 2 aromatic carbocycles. The molecular formula is C20H22Cl2N2O4. The van der Waals surface area contributed by atoms with Crippen molar-refractivity contribution in [3.63, 3.8) is 0 Å². The summed E-state index contributed by atoms with van der Waals surface area (Å²) in [7, 11) is 0. The van der Waals surface area contributed by atoms with Crippen LogP contribution in [-0.4, -0.2) is 31.6 Å². The number of halogens is 2. The number of hydrogen-bond donors (Lipinski definition) is 2. The van der Waals surface area contributed by atoms with Crippen LogP contribution >= 0.6 is 23.2 Å². The largest absolute Gasteiger partial charge is 0.490 e. The first-order valence-corrected chi connectivity index (χ1v) is 9.58. The second kappa shape index (κ2) is 10.8. The Morgan fingerprint density at radius 2 is 1.64 bits per heavy atom. The molecular weight excluding hydrogens is 403 g/mol. The number of carbonyl (C=O) groups is 2. The summed E-state index contributed by atoms with van der Waals surface area (Å²) in [5, 5.41) is 6.27. The van der Waals surface area contributed by atoms with E-state index in [4.69, 9.17) is 32.7 Å². The average Bonchev–Trinajstić information content (AvgIpc) is 2.67. The molecule has 0 unspecified atom stereocenters. The number of carbonyl (C=O) groups excluding carboxylic acids is 2. The fourth-order valence-electron chi connectivity index (χ4n) is 2.38. The molecule has 0 aliphatic heterocycles. The van der Waals surface area contributed by atoms with Gasteiger partial charge in [-0.25, -0.2) is 0 Å². The SMILES string of the molecule is CCOc1ccc(C(=O)NCC(=O)NCc2ccc(Cl)cc2Cl)cc1OCC. The zero-order valence-corrected chi connectivity index (χ0v) is 17.2. The molecule has 2 rings (SSSR count). The maximum atomic E-state index is 12.3. The minimum atomic E-state index is -0.385. The van der Waals surface area contributed by atoms with E-state index in [1.165, 1.54) is 0 Å². The Hall–Kier alpha value is -2.44. The Bertz CT molecular complexity index is 843. The molecule has 0 atom stereocenters. The summed E-state index contributed by atoms with van der Waals surface area (Å²) in [6.45, 7) is 4.72. The first kappa shape index (κ1) is 21.9. The van der Waals surface area contributed by atoms with E-state index in [0.29, 0.717) is 40.3 Å². The predicted octanol–water partition coefficient (Wildman–Crippen LogP) is 3.84. The van der Waals surface area contributed by atoms with Crippen molar-refractivity contribution in [2.75, 3.05) is 19.8 Å². The lowest BCUT2D eigenvalue weighted by Crippen LogP contribution is -2.36. The first-order valence-electron chi connectivity index (χ1n) is 8.83. The Labute approximate surface area is 174 Å². The summed E-state index contributed by atoms with van der Waals surface area (Å²) in [6, 6.07) is 9.92. The van der Waals surface area contributed by atoms with Gasteiger partial charge in [0, 0.05) is 22.2 Å². The Kier molecular flexibility index (Phi) is 8.42. The number of ether oxygens (including phenoxy) is 2. The van der Waals surface area contributed by atoms with Gasteiger partial charge in [-0.05, 0) is 49.7 Å². The van der Waals surface area contributed by atoms with Gasteiger partial charge >= 0.3 is 0 Å². The van der Waals surface area contributed by atoms with Crippen molar-refractivity contribution in [3.8, 4) is 11.5 Å². The number of hydrogen-bond acceptors (Lipinski definition) is 4. The number of nitrogens with one attached hydrogen (secondary N) is 2. The molecule has 2 aromatic rings. The molecule has 28 heavy (non-hydrogen) atoms. The molecule has 6 nitrogen and oxygen atoms in total. The summed E-state index contributed by atoms with van der Waals surface area (Å²) in [5.41, 5.74) is 1.11. The standard InChI is InChI=1S/C20H22Cl2N2O4/c1-3-27-17-8-6-13(9-18(17)28-4-2)20(26)24-12-19(25)23-11-14-5-7-15(21)10-16(14)22/h5-10H,3-4,11-12H2,1-2H3,(H,23,25)(H,24,26). The molecule has 8 heteroatoms. The van der Waals surface area contributed by atoms with Crippen molar-refractivity contribution in [1.82, 2.24) is 10.6 Å². The minimum absolute atomic E-state index is 0.165. The summed E-state index contributed by atoms with van der Waals surface area (Å²) in [5.74, 6) is 0.330. The van der Waals surface area contributed by atoms with Crippen LogP contribution in [0.5, 0.6) is 11.5 Å². The molecule has 150 valence electrons. The normalized spacial score (nSPS) is 10.3. The topological polar surface area (TPSA) is 76.7 Å². The maximum Gasteiger partial charge on any atom is 0.251 e. The highest BCUT2D eigenvalue weighted by atomic mass is 35.5. The molecule has 2 N–H and O–H groups in total. The van der Waals surface area contributed by atoms with Crippen LogP contribution in [-0.2, 0) is 11.3 Å². The lowest BCUT2D eigenvalue weighted by Gasteiger charge is -2.12. The van der Waals surface area contributed by atoms with Gasteiger partial charge in [0.15, 0.2) is 11.5 Å². The van der Waals surface area contributed by atoms with Gasteiger partial charge < -0.3 is 20.1 Å². The fourth-order valence-corrected chi connectivity index (χ4v) is 2.85. The summed E-state index contributed by atoms with van der Waals surface area (Å²) >= 11 is 11.9. The van der Waals surface area contributed by atoms with Crippen molar-refractivity contribution in [2.45, 2.75) is 20.4 Å². The highest BCUT2D eigenvalue weighted by molar-refractivity contribution is 6.35. The third kappa shape index (κ3) is 6.32. The Balaban J connectivity index is 1.90. The number of amides is 2. The van der Waals surface area contributed by atoms with Crippen molar-refractivity contribution < 1.29 is 19.1 Å². The lowest BCUT2D eigenvalue weighted by atomic mass is 10.2. The fraction of sp³-hybridized carbons (Fsp3) is 0.300. The Morgan fingerprint density at radius 3 is 2.32 bits per heavy atom. The molecule has 0 heterocycles. The molecule has 0 saturated carbocycles. The van der Waals surface area contributed by atoms with Gasteiger partial charge in [-0.3, -0.25) is 9.59 Å². The maximum absolute atomic E-state index is 12.3. The molecule has 0 fully saturated rings. The zero-order chi connectivity index (χ0) is 20.5. The molecule has 0 aromatic heterocycles. The van der Waals surface area contributed by atoms with Crippen LogP contribution in [0.25, 0.3) is 0 Å². The van der Waals surface area contributed by atoms with E-state index < -0.39 is 0 Å². The minimum Gasteiger partial charge on any atom is -0.490 e. The second-order valence-electron chi connectivity index (χ2n) is 5.72. The second-order valence-corrected chi connectivity index (χ2v) is 6.57. The van der Waals surface area contributed by atoms with E-state index in [1.54, 1.807) is 36.4 Å². The summed E-state index contributed by atoms with van der Waals surface area (Å²) < 4.78 is 11.0. The molecule has 0 bridgehead atoms. The third-order valence-electron chi connectivity index (χ3n) is 3.71. The van der Waals surface area contributed by atoms with E-state index in [-0.39, 0.29) is 24.9 Å². The molecule has 2 amide bonds. The van der Waals surface area contributed by atoms with Gasteiger partial charge in [0.05, 0.1) is 19.8 Å². The predicted molar refractivity (Wildman–Crippen MR) is 109 cm³/mol. The smallest absolute Gasteiger partial charge is 0.251 e. The van der Waals surface area contributed by atoms with Crippen LogP contribution in [0.2, 0.25) is 10.0 Å². The average molecular weight is 425 g/mol. The van der Waals surface area contributed by atoms with Gasteiger partial charge in [0.1, 0.15) is 0 Å². The van der Waals surface area contributed by atoms with Crippen molar-refractivity contribution in [1.29, 1.82) is 0 Å². The van der Waals surface area contributed by atoms with E-state index >= 15 is 0 Å². The number of rotatable bonds is 9. The van der Waals surface area contributed by atoms with E-state index in [9.17, 15) is 9.59 Å². The third-order valence-corrected chi connectivity index (χ3v) is 4.29. The van der Waals surface area contributed by atoms with Crippen molar-refractivity contribution in [2.24, 2.45) is 0 Å². The van der Waals surface area contributed by atoms with Crippen molar-refractivity contribution >= 4 is 35.0 Å². The lowest BCUT2D eigenvalue weighted by molar-refractivity contribution is -0.120. The van der Waals surface area contributed by atoms with Crippen molar-refractivity contribution in [3.05, 3.63) is 57.6 Å². The molecule has 0 aliphatic rings. The van der Waals surface area contributed by atoms with Crippen LogP contribution in [0.15, 0.2) is 36.4 Å². The first-order chi connectivity index (χ1) is 13.4. The van der Waals surface area contributed by atoms with Gasteiger partial charge in [0.25, 0.3) is 5.91 Å². The molecule has 0 saturated heterocycles. The van der Waals surface area contributed by atoms with Crippen LogP contribution in [0, 0.1) is 0 Å². The van der Waals surface area contributed by atoms with Crippen LogP contribution in [0.3, 0.4) is 0 Å². The van der Waals surface area contributed by atoms with E-state index in [0.717, 1.165) is 5.56 Å². The van der Waals surface area contributed by atoms with E-state index in [1.807, 2.05) is 13.8 Å². The number of benzene rings is 2. The highest BCUT2D eigenvalue weighted by Crippen LogP contribution is 2.28. The Morgan fingerprint density at radius 1 is 0.929 bits per heavy atom. The van der Waals surface area contributed by atoms with Crippen LogP contribution in [0.1, 0.15) is 29.8 Å². The summed E-state index contributed by atoms with van der Waals surface area (Å²) in [6.07, 6.45) is 0. The van der Waals surface area contributed by atoms with Gasteiger partial charge in [-0.2, -0.15) is 0 Å². The monoisotopic (exact) mass is 424 g/mol. The van der Waals surface area contributed by atoms with Gasteiger partial charge in [0.2, 0.25) is 5.91 Å².